The molecule has 2 fully saturated rings. The third-order valence-corrected chi connectivity index (χ3v) is 3.05. The van der Waals surface area contributed by atoms with Crippen LogP contribution in [0.25, 0.3) is 0 Å². The van der Waals surface area contributed by atoms with Crippen LogP contribution in [0.1, 0.15) is 39.0 Å². The van der Waals surface area contributed by atoms with E-state index in [0.717, 1.165) is 31.1 Å². The number of hydrogen-bond donors (Lipinski definition) is 0. The standard InChI is InChI=1S/C10H16O2/c1-7-5-8(7)6-9-3-2-4-10(11)12-9/h7-9H,2-6H2,1H3. The van der Waals surface area contributed by atoms with E-state index in [1.54, 1.807) is 0 Å². The lowest BCUT2D eigenvalue weighted by Crippen LogP contribution is -2.23. The van der Waals surface area contributed by atoms with Gasteiger partial charge < -0.3 is 4.74 Å². The van der Waals surface area contributed by atoms with Crippen molar-refractivity contribution in [1.29, 1.82) is 0 Å². The van der Waals surface area contributed by atoms with E-state index in [1.807, 2.05) is 0 Å². The Morgan fingerprint density at radius 3 is 2.92 bits per heavy atom. The Kier molecular flexibility index (Phi) is 2.07. The zero-order chi connectivity index (χ0) is 8.55. The van der Waals surface area contributed by atoms with Crippen LogP contribution in [0.3, 0.4) is 0 Å². The van der Waals surface area contributed by atoms with Crippen molar-refractivity contribution in [3.63, 3.8) is 0 Å². The van der Waals surface area contributed by atoms with Gasteiger partial charge in [0, 0.05) is 6.42 Å². The maximum atomic E-state index is 10.9. The SMILES string of the molecule is CC1CC1CC1CCCC(=O)O1. The normalized spacial score (nSPS) is 40.8. The Bertz CT molecular complexity index is 188. The molecule has 0 aromatic carbocycles. The van der Waals surface area contributed by atoms with Crippen LogP contribution in [0.5, 0.6) is 0 Å². The molecular weight excluding hydrogens is 152 g/mol. The molecule has 0 bridgehead atoms. The molecular formula is C10H16O2. The van der Waals surface area contributed by atoms with Crippen LogP contribution in [0.2, 0.25) is 0 Å². The van der Waals surface area contributed by atoms with Gasteiger partial charge in [0.15, 0.2) is 0 Å². The highest BCUT2D eigenvalue weighted by Crippen LogP contribution is 2.42. The molecule has 0 radical (unpaired) electrons. The van der Waals surface area contributed by atoms with Crippen LogP contribution in [0.4, 0.5) is 0 Å². The molecule has 1 heterocycles. The molecule has 0 amide bonds. The molecule has 3 atom stereocenters. The minimum absolute atomic E-state index is 0.0135. The van der Waals surface area contributed by atoms with E-state index in [1.165, 1.54) is 6.42 Å². The summed E-state index contributed by atoms with van der Waals surface area (Å²) in [7, 11) is 0. The van der Waals surface area contributed by atoms with Gasteiger partial charge in [-0.05, 0) is 37.5 Å². The minimum Gasteiger partial charge on any atom is -0.462 e. The number of ether oxygens (including phenoxy) is 1. The van der Waals surface area contributed by atoms with Crippen LogP contribution < -0.4 is 0 Å². The monoisotopic (exact) mass is 168 g/mol. The predicted molar refractivity (Wildman–Crippen MR) is 45.6 cm³/mol. The van der Waals surface area contributed by atoms with Crippen molar-refractivity contribution in [1.82, 2.24) is 0 Å². The van der Waals surface area contributed by atoms with Crippen molar-refractivity contribution in [3.05, 3.63) is 0 Å². The molecule has 2 heteroatoms. The van der Waals surface area contributed by atoms with Gasteiger partial charge in [-0.25, -0.2) is 0 Å². The molecule has 1 saturated carbocycles. The molecule has 1 aliphatic heterocycles. The van der Waals surface area contributed by atoms with E-state index >= 15 is 0 Å². The summed E-state index contributed by atoms with van der Waals surface area (Å²) < 4.78 is 5.25. The van der Waals surface area contributed by atoms with Crippen LogP contribution in [0, 0.1) is 11.8 Å². The minimum atomic E-state index is 0.0135. The summed E-state index contributed by atoms with van der Waals surface area (Å²) in [4.78, 5) is 10.9. The van der Waals surface area contributed by atoms with E-state index in [-0.39, 0.29) is 12.1 Å². The Morgan fingerprint density at radius 2 is 2.33 bits per heavy atom. The van der Waals surface area contributed by atoms with Gasteiger partial charge in [-0.1, -0.05) is 6.92 Å². The molecule has 2 rings (SSSR count). The molecule has 1 aliphatic carbocycles. The van der Waals surface area contributed by atoms with E-state index in [0.29, 0.717) is 6.42 Å². The van der Waals surface area contributed by atoms with Gasteiger partial charge in [0.1, 0.15) is 6.10 Å². The maximum absolute atomic E-state index is 10.9. The van der Waals surface area contributed by atoms with Crippen molar-refractivity contribution in [2.24, 2.45) is 11.8 Å². The quantitative estimate of drug-likeness (QED) is 0.590. The lowest BCUT2D eigenvalue weighted by molar-refractivity contribution is -0.154. The van der Waals surface area contributed by atoms with Crippen LogP contribution in [-0.4, -0.2) is 12.1 Å². The van der Waals surface area contributed by atoms with Crippen LogP contribution >= 0.6 is 0 Å². The lowest BCUT2D eigenvalue weighted by atomic mass is 10.0. The van der Waals surface area contributed by atoms with Gasteiger partial charge in [-0.2, -0.15) is 0 Å². The molecule has 2 nitrogen and oxygen atoms in total. The maximum Gasteiger partial charge on any atom is 0.306 e. The number of carbonyl (C=O) groups excluding carboxylic acids is 1. The third-order valence-electron chi connectivity index (χ3n) is 3.05. The molecule has 0 spiro atoms. The first-order chi connectivity index (χ1) is 5.75. The summed E-state index contributed by atoms with van der Waals surface area (Å²) in [5.41, 5.74) is 0. The second-order valence-corrected chi connectivity index (χ2v) is 4.21. The van der Waals surface area contributed by atoms with Gasteiger partial charge in [-0.15, -0.1) is 0 Å². The number of cyclic esters (lactones) is 1. The molecule has 0 aromatic rings. The smallest absolute Gasteiger partial charge is 0.306 e. The largest absolute Gasteiger partial charge is 0.462 e. The van der Waals surface area contributed by atoms with Crippen molar-refractivity contribution >= 4 is 5.97 Å². The summed E-state index contributed by atoms with van der Waals surface area (Å²) in [5.74, 6) is 1.74. The fraction of sp³-hybridized carbons (Fsp3) is 0.900. The van der Waals surface area contributed by atoms with Gasteiger partial charge in [0.05, 0.1) is 0 Å². The summed E-state index contributed by atoms with van der Waals surface area (Å²) in [6.45, 7) is 2.27. The first-order valence-electron chi connectivity index (χ1n) is 4.95. The van der Waals surface area contributed by atoms with Crippen molar-refractivity contribution in [2.75, 3.05) is 0 Å². The van der Waals surface area contributed by atoms with Gasteiger partial charge in [-0.3, -0.25) is 4.79 Å². The summed E-state index contributed by atoms with van der Waals surface area (Å²) in [6.07, 6.45) is 5.47. The van der Waals surface area contributed by atoms with E-state index in [9.17, 15) is 4.79 Å². The average Bonchev–Trinajstić information content (AvgIpc) is 2.66. The molecule has 68 valence electrons. The summed E-state index contributed by atoms with van der Waals surface area (Å²) in [5, 5.41) is 0. The van der Waals surface area contributed by atoms with Crippen LogP contribution in [-0.2, 0) is 9.53 Å². The highest BCUT2D eigenvalue weighted by atomic mass is 16.5. The van der Waals surface area contributed by atoms with E-state index in [2.05, 4.69) is 6.92 Å². The highest BCUT2D eigenvalue weighted by molar-refractivity contribution is 5.70. The highest BCUT2D eigenvalue weighted by Gasteiger charge is 2.36. The topological polar surface area (TPSA) is 26.3 Å². The number of hydrogen-bond acceptors (Lipinski definition) is 2. The fourth-order valence-corrected chi connectivity index (χ4v) is 2.01. The molecule has 12 heavy (non-hydrogen) atoms. The zero-order valence-electron chi connectivity index (χ0n) is 7.58. The number of rotatable bonds is 2. The number of carbonyl (C=O) groups is 1. The fourth-order valence-electron chi connectivity index (χ4n) is 2.01. The van der Waals surface area contributed by atoms with Crippen molar-refractivity contribution in [3.8, 4) is 0 Å². The van der Waals surface area contributed by atoms with Gasteiger partial charge in [0.25, 0.3) is 0 Å². The second kappa shape index (κ2) is 3.08. The first kappa shape index (κ1) is 8.09. The van der Waals surface area contributed by atoms with Crippen LogP contribution in [0.15, 0.2) is 0 Å². The zero-order valence-corrected chi connectivity index (χ0v) is 7.58. The predicted octanol–water partition coefficient (Wildman–Crippen LogP) is 2.13. The van der Waals surface area contributed by atoms with Gasteiger partial charge in [0.2, 0.25) is 0 Å². The summed E-state index contributed by atoms with van der Waals surface area (Å²) >= 11 is 0. The first-order valence-corrected chi connectivity index (χ1v) is 4.95. The lowest BCUT2D eigenvalue weighted by Gasteiger charge is -2.21. The van der Waals surface area contributed by atoms with Crippen molar-refractivity contribution < 1.29 is 9.53 Å². The average molecular weight is 168 g/mol. The molecule has 2 aliphatic rings. The summed E-state index contributed by atoms with van der Waals surface area (Å²) in [6, 6.07) is 0. The Hall–Kier alpha value is -0.530. The molecule has 3 unspecified atom stereocenters. The second-order valence-electron chi connectivity index (χ2n) is 4.21. The number of esters is 1. The Balaban J connectivity index is 1.76. The van der Waals surface area contributed by atoms with E-state index in [4.69, 9.17) is 4.74 Å². The Morgan fingerprint density at radius 1 is 1.58 bits per heavy atom. The van der Waals surface area contributed by atoms with Gasteiger partial charge >= 0.3 is 5.97 Å². The van der Waals surface area contributed by atoms with E-state index < -0.39 is 0 Å². The Labute approximate surface area is 73.3 Å². The molecule has 0 aromatic heterocycles. The molecule has 0 N–H and O–H groups in total. The molecule has 1 saturated heterocycles. The third kappa shape index (κ3) is 1.79. The van der Waals surface area contributed by atoms with Crippen molar-refractivity contribution in [2.45, 2.75) is 45.1 Å².